The Labute approximate surface area is 213 Å². The molecule has 5 rings (SSSR count). The van der Waals surface area contributed by atoms with E-state index in [1.54, 1.807) is 24.4 Å². The van der Waals surface area contributed by atoms with Gasteiger partial charge in [-0.05, 0) is 61.8 Å². The van der Waals surface area contributed by atoms with Crippen LogP contribution < -0.4 is 14.5 Å². The number of hydrogen-bond acceptors (Lipinski definition) is 6. The Balaban J connectivity index is 1.48. The number of halogens is 4. The molecule has 0 N–H and O–H groups in total. The number of alkyl halides is 3. The van der Waals surface area contributed by atoms with Crippen molar-refractivity contribution in [2.24, 2.45) is 0 Å². The molecule has 2 aliphatic rings. The first-order valence-electron chi connectivity index (χ1n) is 11.1. The van der Waals surface area contributed by atoms with Crippen molar-refractivity contribution in [3.63, 3.8) is 0 Å². The molecule has 2 aromatic heterocycles. The summed E-state index contributed by atoms with van der Waals surface area (Å²) in [5.74, 6) is -1.26. The summed E-state index contributed by atoms with van der Waals surface area (Å²) in [7, 11) is 0. The third-order valence-corrected chi connectivity index (χ3v) is 6.78. The Kier molecular flexibility index (Phi) is 6.03. The summed E-state index contributed by atoms with van der Waals surface area (Å²) in [6.45, 7) is 0.0443. The molecule has 1 saturated carbocycles. The predicted octanol–water partition coefficient (Wildman–Crippen LogP) is 5.15. The molecule has 1 spiro atoms. The van der Waals surface area contributed by atoms with Crippen molar-refractivity contribution in [1.29, 1.82) is 5.26 Å². The van der Waals surface area contributed by atoms with Gasteiger partial charge in [0.2, 0.25) is 0 Å². The summed E-state index contributed by atoms with van der Waals surface area (Å²) in [6, 6.07) is 11.5. The second kappa shape index (κ2) is 9.08. The van der Waals surface area contributed by atoms with Crippen LogP contribution in [0.4, 0.5) is 28.9 Å². The quantitative estimate of drug-likeness (QED) is 0.336. The number of carbonyl (C=O) groups excluding carboxylic acids is 1. The van der Waals surface area contributed by atoms with Gasteiger partial charge in [-0.3, -0.25) is 14.7 Å². The molecule has 7 nitrogen and oxygen atoms in total. The second-order valence-electron chi connectivity index (χ2n) is 8.57. The molecule has 0 bridgehead atoms. The topological polar surface area (TPSA) is 82.4 Å². The van der Waals surface area contributed by atoms with E-state index in [4.69, 9.17) is 22.2 Å². The normalized spacial score (nSPS) is 16.6. The number of nitriles is 1. The number of anilines is 2. The molecule has 1 aliphatic heterocycles. The fraction of sp³-hybridized carbons (Fsp3) is 0.240. The number of hydrogen-bond donors (Lipinski definition) is 0. The molecular formula is C25H17F4N5O2S. The first-order valence-corrected chi connectivity index (χ1v) is 11.5. The van der Waals surface area contributed by atoms with Gasteiger partial charge >= 0.3 is 6.18 Å². The van der Waals surface area contributed by atoms with Crippen molar-refractivity contribution >= 4 is 34.6 Å². The van der Waals surface area contributed by atoms with Gasteiger partial charge in [0.1, 0.15) is 18.2 Å². The number of pyridine rings is 2. The van der Waals surface area contributed by atoms with Crippen LogP contribution in [0.25, 0.3) is 0 Å². The van der Waals surface area contributed by atoms with Crippen molar-refractivity contribution in [1.82, 2.24) is 9.97 Å². The van der Waals surface area contributed by atoms with Gasteiger partial charge in [0.15, 0.2) is 22.4 Å². The minimum absolute atomic E-state index is 0.0310. The third-order valence-electron chi connectivity index (χ3n) is 6.41. The van der Waals surface area contributed by atoms with Crippen LogP contribution in [0.1, 0.15) is 36.2 Å². The summed E-state index contributed by atoms with van der Waals surface area (Å²) in [5.41, 5.74) is -2.58. The number of carbonyl (C=O) groups is 1. The molecule has 0 radical (unpaired) electrons. The molecule has 1 aliphatic carbocycles. The van der Waals surface area contributed by atoms with Crippen molar-refractivity contribution in [2.75, 3.05) is 9.80 Å². The Morgan fingerprint density at radius 3 is 2.51 bits per heavy atom. The Morgan fingerprint density at radius 2 is 1.92 bits per heavy atom. The summed E-state index contributed by atoms with van der Waals surface area (Å²) in [6.07, 6.45) is -0.806. The number of rotatable bonds is 5. The molecule has 0 atom stereocenters. The summed E-state index contributed by atoms with van der Waals surface area (Å²) < 4.78 is 61.1. The first kappa shape index (κ1) is 24.6. The maximum atomic E-state index is 15.0. The van der Waals surface area contributed by atoms with Gasteiger partial charge in [-0.15, -0.1) is 0 Å². The van der Waals surface area contributed by atoms with Crippen molar-refractivity contribution in [2.45, 2.75) is 37.6 Å². The van der Waals surface area contributed by atoms with Crippen LogP contribution in [-0.4, -0.2) is 26.5 Å². The molecule has 3 heterocycles. The summed E-state index contributed by atoms with van der Waals surface area (Å²) in [4.78, 5) is 23.7. The van der Waals surface area contributed by atoms with Crippen LogP contribution in [0.2, 0.25) is 0 Å². The van der Waals surface area contributed by atoms with Crippen LogP contribution in [0.3, 0.4) is 0 Å². The Bertz CT molecular complexity index is 1440. The van der Waals surface area contributed by atoms with E-state index < -0.39 is 34.7 Å². The highest BCUT2D eigenvalue weighted by atomic mass is 32.1. The number of aromatic nitrogens is 2. The van der Waals surface area contributed by atoms with Crippen LogP contribution in [0.15, 0.2) is 54.9 Å². The Hall–Kier alpha value is -4.11. The summed E-state index contributed by atoms with van der Waals surface area (Å²) in [5, 5.41) is 8.93. The molecular weight excluding hydrogens is 510 g/mol. The smallest absolute Gasteiger partial charge is 0.419 e. The average molecular weight is 528 g/mol. The fourth-order valence-corrected chi connectivity index (χ4v) is 4.94. The van der Waals surface area contributed by atoms with Crippen molar-refractivity contribution in [3.8, 4) is 11.8 Å². The molecule has 1 amide bonds. The highest BCUT2D eigenvalue weighted by molar-refractivity contribution is 7.81. The van der Waals surface area contributed by atoms with E-state index in [1.807, 2.05) is 0 Å². The zero-order chi connectivity index (χ0) is 26.4. The van der Waals surface area contributed by atoms with Crippen LogP contribution in [-0.2, 0) is 17.6 Å². The highest BCUT2D eigenvalue weighted by Gasteiger charge is 2.59. The lowest BCUT2D eigenvalue weighted by Crippen LogP contribution is -2.55. The van der Waals surface area contributed by atoms with Crippen LogP contribution >= 0.6 is 12.2 Å². The van der Waals surface area contributed by atoms with E-state index >= 15 is 4.39 Å². The molecule has 188 valence electrons. The molecule has 1 saturated heterocycles. The van der Waals surface area contributed by atoms with Gasteiger partial charge in [-0.25, -0.2) is 9.37 Å². The SMILES string of the molecule is N#Cc1ncc(N2C(=O)C3(CCC3)N(c3ccc(OCc4ccccn4)c(F)c3)C2=S)cc1C(F)(F)F. The zero-order valence-corrected chi connectivity index (χ0v) is 19.8. The van der Waals surface area contributed by atoms with Crippen molar-refractivity contribution in [3.05, 3.63) is 77.6 Å². The number of ether oxygens (including phenoxy) is 1. The summed E-state index contributed by atoms with van der Waals surface area (Å²) >= 11 is 5.54. The zero-order valence-electron chi connectivity index (χ0n) is 19.0. The monoisotopic (exact) mass is 527 g/mol. The van der Waals surface area contributed by atoms with Crippen LogP contribution in [0, 0.1) is 17.1 Å². The number of benzene rings is 1. The molecule has 0 unspecified atom stereocenters. The molecule has 2 fully saturated rings. The molecule has 1 aromatic carbocycles. The van der Waals surface area contributed by atoms with E-state index in [-0.39, 0.29) is 28.8 Å². The maximum absolute atomic E-state index is 15.0. The largest absolute Gasteiger partial charge is 0.484 e. The van der Waals surface area contributed by atoms with Crippen molar-refractivity contribution < 1.29 is 27.1 Å². The van der Waals surface area contributed by atoms with E-state index in [1.165, 1.54) is 29.2 Å². The van der Waals surface area contributed by atoms with E-state index in [2.05, 4.69) is 9.97 Å². The molecule has 12 heteroatoms. The molecule has 3 aromatic rings. The van der Waals surface area contributed by atoms with Crippen LogP contribution in [0.5, 0.6) is 5.75 Å². The van der Waals surface area contributed by atoms with Gasteiger partial charge in [0, 0.05) is 18.0 Å². The van der Waals surface area contributed by atoms with Gasteiger partial charge in [0.05, 0.1) is 23.1 Å². The van der Waals surface area contributed by atoms with Gasteiger partial charge in [-0.2, -0.15) is 18.4 Å². The number of amides is 1. The number of thiocarbonyl (C=S) groups is 1. The predicted molar refractivity (Wildman–Crippen MR) is 128 cm³/mol. The van der Waals surface area contributed by atoms with E-state index in [0.29, 0.717) is 31.0 Å². The number of nitrogens with zero attached hydrogens (tertiary/aromatic N) is 5. The lowest BCUT2D eigenvalue weighted by Gasteiger charge is -2.43. The van der Waals surface area contributed by atoms with Gasteiger partial charge < -0.3 is 9.64 Å². The molecule has 37 heavy (non-hydrogen) atoms. The van der Waals surface area contributed by atoms with Gasteiger partial charge in [0.25, 0.3) is 5.91 Å². The van der Waals surface area contributed by atoms with E-state index in [0.717, 1.165) is 11.1 Å². The third kappa shape index (κ3) is 4.15. The standard InChI is InChI=1S/C25H17F4N5O2S/c26-19-11-16(5-6-21(19)36-14-15-4-1-2-9-31-15)34-23(37)33(22(35)24(34)7-3-8-24)17-10-18(25(27,28)29)20(12-30)32-13-17/h1-2,4-6,9-11,13H,3,7-8,14H2. The van der Waals surface area contributed by atoms with E-state index in [9.17, 15) is 18.0 Å². The lowest BCUT2D eigenvalue weighted by molar-refractivity contribution is -0.138. The lowest BCUT2D eigenvalue weighted by atomic mass is 9.75. The first-order chi connectivity index (χ1) is 17.7. The van der Waals surface area contributed by atoms with Gasteiger partial charge in [-0.1, -0.05) is 6.07 Å². The average Bonchev–Trinajstić information content (AvgIpc) is 3.09. The second-order valence-corrected chi connectivity index (χ2v) is 8.93. The fourth-order valence-electron chi connectivity index (χ4n) is 4.47. The Morgan fingerprint density at radius 1 is 1.14 bits per heavy atom. The minimum atomic E-state index is -4.86. The minimum Gasteiger partial charge on any atom is -0.484 e. The maximum Gasteiger partial charge on any atom is 0.419 e. The highest BCUT2D eigenvalue weighted by Crippen LogP contribution is 2.48.